The van der Waals surface area contributed by atoms with Gasteiger partial charge in [0.1, 0.15) is 5.75 Å². The van der Waals surface area contributed by atoms with E-state index in [4.69, 9.17) is 4.74 Å². The number of hydrogen-bond donors (Lipinski definition) is 1. The van der Waals surface area contributed by atoms with Gasteiger partial charge in [0, 0.05) is 12.4 Å². The van der Waals surface area contributed by atoms with Gasteiger partial charge in [-0.05, 0) is 48.2 Å². The zero-order valence-corrected chi connectivity index (χ0v) is 11.5. The quantitative estimate of drug-likeness (QED) is 0.908. The molecule has 0 radical (unpaired) electrons. The molecule has 0 bridgehead atoms. The molecule has 0 saturated heterocycles. The van der Waals surface area contributed by atoms with E-state index in [0.717, 1.165) is 22.4 Å². The summed E-state index contributed by atoms with van der Waals surface area (Å²) in [7, 11) is 1.60. The van der Waals surface area contributed by atoms with Crippen LogP contribution in [0.5, 0.6) is 5.75 Å². The topological polar surface area (TPSA) is 59.4 Å². The fourth-order valence-corrected chi connectivity index (χ4v) is 2.24. The molecule has 0 saturated carbocycles. The van der Waals surface area contributed by atoms with Crippen LogP contribution >= 0.6 is 0 Å². The van der Waals surface area contributed by atoms with Gasteiger partial charge < -0.3 is 9.84 Å². The van der Waals surface area contributed by atoms with Crippen LogP contribution in [0.2, 0.25) is 0 Å². The largest absolute Gasteiger partial charge is 0.497 e. The lowest BCUT2D eigenvalue weighted by atomic mass is 9.90. The average molecular weight is 271 g/mol. The highest BCUT2D eigenvalue weighted by molar-refractivity contribution is 5.77. The molecule has 2 aromatic rings. The van der Waals surface area contributed by atoms with Crippen LogP contribution in [0.3, 0.4) is 0 Å². The van der Waals surface area contributed by atoms with E-state index in [-0.39, 0.29) is 0 Å². The SMILES string of the molecule is COc1cccc(CC(C(=O)O)c2ccncc2C)c1. The van der Waals surface area contributed by atoms with Crippen molar-refractivity contribution in [3.8, 4) is 5.75 Å². The van der Waals surface area contributed by atoms with Crippen molar-refractivity contribution in [3.05, 3.63) is 59.4 Å². The third-order valence-corrected chi connectivity index (χ3v) is 3.31. The molecule has 1 aromatic carbocycles. The van der Waals surface area contributed by atoms with Gasteiger partial charge in [0.2, 0.25) is 0 Å². The van der Waals surface area contributed by atoms with E-state index in [0.29, 0.717) is 6.42 Å². The Labute approximate surface area is 118 Å². The van der Waals surface area contributed by atoms with E-state index in [1.807, 2.05) is 31.2 Å². The van der Waals surface area contributed by atoms with Crippen LogP contribution in [-0.4, -0.2) is 23.2 Å². The van der Waals surface area contributed by atoms with Gasteiger partial charge in [-0.2, -0.15) is 0 Å². The standard InChI is InChI=1S/C16H17NO3/c1-11-10-17-7-6-14(11)15(16(18)19)9-12-4-3-5-13(8-12)20-2/h3-8,10,15H,9H2,1-2H3,(H,18,19). The summed E-state index contributed by atoms with van der Waals surface area (Å²) in [4.78, 5) is 15.6. The molecular weight excluding hydrogens is 254 g/mol. The molecule has 0 aliphatic carbocycles. The number of carboxylic acids is 1. The first-order chi connectivity index (χ1) is 9.61. The molecule has 1 unspecified atom stereocenters. The van der Waals surface area contributed by atoms with Crippen LogP contribution < -0.4 is 4.74 Å². The summed E-state index contributed by atoms with van der Waals surface area (Å²) in [5.74, 6) is -0.676. The predicted molar refractivity (Wildman–Crippen MR) is 76.0 cm³/mol. The van der Waals surface area contributed by atoms with Crippen LogP contribution in [0.25, 0.3) is 0 Å². The first kappa shape index (κ1) is 14.1. The van der Waals surface area contributed by atoms with Crippen LogP contribution in [0, 0.1) is 6.92 Å². The maximum atomic E-state index is 11.6. The first-order valence-electron chi connectivity index (χ1n) is 6.38. The first-order valence-corrected chi connectivity index (χ1v) is 6.38. The van der Waals surface area contributed by atoms with Gasteiger partial charge in [-0.15, -0.1) is 0 Å². The van der Waals surface area contributed by atoms with Crippen LogP contribution in [0.15, 0.2) is 42.7 Å². The predicted octanol–water partition coefficient (Wildman–Crippen LogP) is 2.81. The Kier molecular flexibility index (Phi) is 4.35. The van der Waals surface area contributed by atoms with Gasteiger partial charge in [-0.1, -0.05) is 12.1 Å². The molecule has 1 N–H and O–H groups in total. The van der Waals surface area contributed by atoms with Crippen molar-refractivity contribution in [2.45, 2.75) is 19.3 Å². The Bertz CT molecular complexity index is 610. The molecule has 0 fully saturated rings. The van der Waals surface area contributed by atoms with E-state index in [1.165, 1.54) is 0 Å². The highest BCUT2D eigenvalue weighted by Gasteiger charge is 2.22. The second-order valence-electron chi connectivity index (χ2n) is 4.68. The molecule has 4 heteroatoms. The normalized spacial score (nSPS) is 11.9. The Morgan fingerprint density at radius 1 is 1.40 bits per heavy atom. The van der Waals surface area contributed by atoms with E-state index in [2.05, 4.69) is 4.98 Å². The third-order valence-electron chi connectivity index (χ3n) is 3.31. The molecular formula is C16H17NO3. The minimum atomic E-state index is -0.831. The molecule has 104 valence electrons. The van der Waals surface area contributed by atoms with Crippen LogP contribution in [-0.2, 0) is 11.2 Å². The number of benzene rings is 1. The zero-order valence-electron chi connectivity index (χ0n) is 11.5. The number of carboxylic acid groups (broad SMARTS) is 1. The van der Waals surface area contributed by atoms with Crippen molar-refractivity contribution in [2.24, 2.45) is 0 Å². The van der Waals surface area contributed by atoms with Gasteiger partial charge >= 0.3 is 5.97 Å². The Morgan fingerprint density at radius 3 is 2.85 bits per heavy atom. The molecule has 0 amide bonds. The van der Waals surface area contributed by atoms with Gasteiger partial charge in [-0.3, -0.25) is 9.78 Å². The maximum Gasteiger partial charge on any atom is 0.311 e. The third kappa shape index (κ3) is 3.15. The van der Waals surface area contributed by atoms with Gasteiger partial charge in [-0.25, -0.2) is 0 Å². The highest BCUT2D eigenvalue weighted by atomic mass is 16.5. The molecule has 0 spiro atoms. The summed E-state index contributed by atoms with van der Waals surface area (Å²) in [6, 6.07) is 9.26. The fourth-order valence-electron chi connectivity index (χ4n) is 2.24. The van der Waals surface area contributed by atoms with Crippen molar-refractivity contribution in [3.63, 3.8) is 0 Å². The smallest absolute Gasteiger partial charge is 0.311 e. The van der Waals surface area contributed by atoms with Crippen molar-refractivity contribution >= 4 is 5.97 Å². The summed E-state index contributed by atoms with van der Waals surface area (Å²) < 4.78 is 5.17. The Morgan fingerprint density at radius 2 is 2.20 bits per heavy atom. The van der Waals surface area contributed by atoms with E-state index in [9.17, 15) is 9.90 Å². The summed E-state index contributed by atoms with van der Waals surface area (Å²) in [6.07, 6.45) is 3.75. The molecule has 0 aliphatic rings. The Hall–Kier alpha value is -2.36. The molecule has 0 aliphatic heterocycles. The number of aromatic nitrogens is 1. The Balaban J connectivity index is 2.31. The monoisotopic (exact) mass is 271 g/mol. The lowest BCUT2D eigenvalue weighted by Gasteiger charge is -2.15. The summed E-state index contributed by atoms with van der Waals surface area (Å²) in [5.41, 5.74) is 2.63. The van der Waals surface area contributed by atoms with Gasteiger partial charge in [0.05, 0.1) is 13.0 Å². The lowest BCUT2D eigenvalue weighted by molar-refractivity contribution is -0.138. The summed E-state index contributed by atoms with van der Waals surface area (Å²) in [6.45, 7) is 1.88. The number of aliphatic carboxylic acids is 1. The van der Waals surface area contributed by atoms with E-state index >= 15 is 0 Å². The van der Waals surface area contributed by atoms with Crippen molar-refractivity contribution in [1.29, 1.82) is 0 Å². The summed E-state index contributed by atoms with van der Waals surface area (Å²) in [5, 5.41) is 9.49. The molecule has 1 aromatic heterocycles. The average Bonchev–Trinajstić information content (AvgIpc) is 2.45. The molecule has 1 heterocycles. The van der Waals surface area contributed by atoms with Crippen molar-refractivity contribution < 1.29 is 14.6 Å². The van der Waals surface area contributed by atoms with E-state index in [1.54, 1.807) is 25.6 Å². The number of carbonyl (C=O) groups is 1. The van der Waals surface area contributed by atoms with Crippen molar-refractivity contribution in [2.75, 3.05) is 7.11 Å². The van der Waals surface area contributed by atoms with Crippen LogP contribution in [0.4, 0.5) is 0 Å². The lowest BCUT2D eigenvalue weighted by Crippen LogP contribution is -2.15. The maximum absolute atomic E-state index is 11.6. The number of nitrogens with zero attached hydrogens (tertiary/aromatic N) is 1. The molecule has 4 nitrogen and oxygen atoms in total. The number of pyridine rings is 1. The number of hydrogen-bond acceptors (Lipinski definition) is 3. The summed E-state index contributed by atoms with van der Waals surface area (Å²) >= 11 is 0. The number of methoxy groups -OCH3 is 1. The molecule has 2 rings (SSSR count). The van der Waals surface area contributed by atoms with Crippen LogP contribution in [0.1, 0.15) is 22.6 Å². The fraction of sp³-hybridized carbons (Fsp3) is 0.250. The zero-order chi connectivity index (χ0) is 14.5. The van der Waals surface area contributed by atoms with E-state index < -0.39 is 11.9 Å². The second kappa shape index (κ2) is 6.19. The molecule has 20 heavy (non-hydrogen) atoms. The van der Waals surface area contributed by atoms with Gasteiger partial charge in [0.15, 0.2) is 0 Å². The number of ether oxygens (including phenoxy) is 1. The minimum absolute atomic E-state index is 0.428. The molecule has 1 atom stereocenters. The van der Waals surface area contributed by atoms with Crippen molar-refractivity contribution in [1.82, 2.24) is 4.98 Å². The minimum Gasteiger partial charge on any atom is -0.497 e. The number of aryl methyl sites for hydroxylation is 1. The highest BCUT2D eigenvalue weighted by Crippen LogP contribution is 2.25. The van der Waals surface area contributed by atoms with Gasteiger partial charge in [0.25, 0.3) is 0 Å². The second-order valence-corrected chi connectivity index (χ2v) is 4.68. The number of rotatable bonds is 5.